The first kappa shape index (κ1) is 7.48. The minimum absolute atomic E-state index is 0.252. The fraction of sp³-hybridized carbons (Fsp3) is 0.833. The van der Waals surface area contributed by atoms with Crippen molar-refractivity contribution < 1.29 is 5.11 Å². The highest BCUT2D eigenvalue weighted by atomic mass is 16.3. The first-order chi connectivity index (χ1) is 5.81. The molecule has 0 amide bonds. The molecule has 2 heterocycles. The largest absolute Gasteiger partial charge is 0.396 e. The van der Waals surface area contributed by atoms with E-state index in [2.05, 4.69) is 15.5 Å². The quantitative estimate of drug-likeness (QED) is 0.592. The third kappa shape index (κ3) is 1.04. The van der Waals surface area contributed by atoms with E-state index in [1.807, 2.05) is 11.9 Å². The van der Waals surface area contributed by atoms with E-state index in [4.69, 9.17) is 5.11 Å². The van der Waals surface area contributed by atoms with Crippen LogP contribution in [0.25, 0.3) is 0 Å². The van der Waals surface area contributed by atoms with Crippen molar-refractivity contribution in [3.05, 3.63) is 0 Å². The molecular formula is C6H11N5O. The molecular weight excluding hydrogens is 158 g/mol. The van der Waals surface area contributed by atoms with E-state index in [-0.39, 0.29) is 6.61 Å². The molecule has 0 spiro atoms. The van der Waals surface area contributed by atoms with Crippen molar-refractivity contribution in [3.63, 3.8) is 0 Å². The third-order valence-electron chi connectivity index (χ3n) is 2.10. The number of hydrogen-bond acceptors (Lipinski definition) is 5. The molecule has 66 valence electrons. The molecule has 0 bridgehead atoms. The maximum atomic E-state index is 8.79. The molecule has 0 saturated carbocycles. The van der Waals surface area contributed by atoms with Gasteiger partial charge in [-0.05, 0) is 10.4 Å². The summed E-state index contributed by atoms with van der Waals surface area (Å²) < 4.78 is 1.63. The zero-order valence-electron chi connectivity index (χ0n) is 6.88. The predicted octanol–water partition coefficient (Wildman–Crippen LogP) is -1.36. The number of rotatable bonds is 2. The Kier molecular flexibility index (Phi) is 1.69. The van der Waals surface area contributed by atoms with Crippen molar-refractivity contribution in [2.75, 3.05) is 24.6 Å². The summed E-state index contributed by atoms with van der Waals surface area (Å²) in [7, 11) is 1.81. The molecule has 0 aromatic carbocycles. The normalized spacial score (nSPS) is 18.0. The Labute approximate surface area is 69.8 Å². The molecule has 0 aliphatic carbocycles. The van der Waals surface area contributed by atoms with Crippen LogP contribution in [-0.2, 0) is 7.05 Å². The Hall–Kier alpha value is -1.17. The lowest BCUT2D eigenvalue weighted by Crippen LogP contribution is -2.49. The second-order valence-corrected chi connectivity index (χ2v) is 3.06. The molecule has 1 N–H and O–H groups in total. The van der Waals surface area contributed by atoms with Crippen LogP contribution in [0.3, 0.4) is 0 Å². The summed E-state index contributed by atoms with van der Waals surface area (Å²) in [5.74, 6) is 1.17. The van der Waals surface area contributed by atoms with Gasteiger partial charge >= 0.3 is 0 Å². The summed E-state index contributed by atoms with van der Waals surface area (Å²) in [5.41, 5.74) is 0. The van der Waals surface area contributed by atoms with E-state index in [0.717, 1.165) is 19.0 Å². The predicted molar refractivity (Wildman–Crippen MR) is 41.6 cm³/mol. The van der Waals surface area contributed by atoms with Crippen LogP contribution in [0.2, 0.25) is 0 Å². The van der Waals surface area contributed by atoms with E-state index in [1.54, 1.807) is 4.68 Å². The van der Waals surface area contributed by atoms with Gasteiger partial charge < -0.3 is 10.0 Å². The second-order valence-electron chi connectivity index (χ2n) is 3.06. The average Bonchev–Trinajstić information content (AvgIpc) is 2.35. The number of tetrazole rings is 1. The lowest BCUT2D eigenvalue weighted by atomic mass is 10.0. The fourth-order valence-electron chi connectivity index (χ4n) is 1.34. The molecule has 0 radical (unpaired) electrons. The number of aromatic nitrogens is 4. The van der Waals surface area contributed by atoms with Crippen molar-refractivity contribution >= 4 is 5.95 Å². The number of hydrogen-bond donors (Lipinski definition) is 1. The van der Waals surface area contributed by atoms with Crippen LogP contribution >= 0.6 is 0 Å². The number of nitrogens with zero attached hydrogens (tertiary/aromatic N) is 5. The van der Waals surface area contributed by atoms with Crippen molar-refractivity contribution in [2.24, 2.45) is 13.0 Å². The minimum Gasteiger partial charge on any atom is -0.396 e. The summed E-state index contributed by atoms with van der Waals surface area (Å²) >= 11 is 0. The summed E-state index contributed by atoms with van der Waals surface area (Å²) in [4.78, 5) is 2.04. The second kappa shape index (κ2) is 2.71. The van der Waals surface area contributed by atoms with Crippen molar-refractivity contribution in [2.45, 2.75) is 0 Å². The first-order valence-electron chi connectivity index (χ1n) is 3.89. The van der Waals surface area contributed by atoms with Gasteiger partial charge in [0.15, 0.2) is 0 Å². The molecule has 1 aliphatic rings. The Morgan fingerprint density at radius 3 is 2.83 bits per heavy atom. The zero-order chi connectivity index (χ0) is 8.55. The monoisotopic (exact) mass is 169 g/mol. The summed E-state index contributed by atoms with van der Waals surface area (Å²) in [6.45, 7) is 1.96. The molecule has 0 atom stereocenters. The molecule has 0 unspecified atom stereocenters. The van der Waals surface area contributed by atoms with Crippen LogP contribution in [-0.4, -0.2) is 45.0 Å². The molecule has 6 heteroatoms. The smallest absolute Gasteiger partial charge is 0.245 e. The average molecular weight is 169 g/mol. The summed E-state index contributed by atoms with van der Waals surface area (Å²) in [6.07, 6.45) is 0. The van der Waals surface area contributed by atoms with Gasteiger partial charge in [-0.1, -0.05) is 5.10 Å². The minimum atomic E-state index is 0.252. The Morgan fingerprint density at radius 2 is 2.33 bits per heavy atom. The van der Waals surface area contributed by atoms with Gasteiger partial charge in [0.2, 0.25) is 5.95 Å². The van der Waals surface area contributed by atoms with Crippen molar-refractivity contribution in [3.8, 4) is 0 Å². The number of anilines is 1. The van der Waals surface area contributed by atoms with Crippen LogP contribution in [0.4, 0.5) is 5.95 Å². The zero-order valence-corrected chi connectivity index (χ0v) is 6.88. The van der Waals surface area contributed by atoms with Crippen molar-refractivity contribution in [1.82, 2.24) is 20.2 Å². The maximum absolute atomic E-state index is 8.79. The highest BCUT2D eigenvalue weighted by molar-refractivity contribution is 5.32. The lowest BCUT2D eigenvalue weighted by Gasteiger charge is -2.37. The van der Waals surface area contributed by atoms with Gasteiger partial charge in [-0.3, -0.25) is 0 Å². The molecule has 1 saturated heterocycles. The van der Waals surface area contributed by atoms with Gasteiger partial charge in [0.1, 0.15) is 0 Å². The van der Waals surface area contributed by atoms with Gasteiger partial charge in [0, 0.05) is 32.7 Å². The van der Waals surface area contributed by atoms with E-state index >= 15 is 0 Å². The van der Waals surface area contributed by atoms with E-state index < -0.39 is 0 Å². The standard InChI is InChI=1S/C6H11N5O/c1-10-6(7-8-9-10)11-2-5(3-11)4-12/h5,12H,2-4H2,1H3. The highest BCUT2D eigenvalue weighted by Gasteiger charge is 2.28. The van der Waals surface area contributed by atoms with E-state index in [1.165, 1.54) is 0 Å². The molecule has 1 fully saturated rings. The Balaban J connectivity index is 2.01. The first-order valence-corrected chi connectivity index (χ1v) is 3.89. The van der Waals surface area contributed by atoms with E-state index in [9.17, 15) is 0 Å². The van der Waals surface area contributed by atoms with Crippen LogP contribution in [0.15, 0.2) is 0 Å². The molecule has 1 aromatic rings. The topological polar surface area (TPSA) is 67.1 Å². The number of aliphatic hydroxyl groups is 1. The third-order valence-corrected chi connectivity index (χ3v) is 2.10. The molecule has 6 nitrogen and oxygen atoms in total. The van der Waals surface area contributed by atoms with Gasteiger partial charge in [-0.15, -0.1) is 0 Å². The van der Waals surface area contributed by atoms with Crippen LogP contribution in [0, 0.1) is 5.92 Å². The highest BCUT2D eigenvalue weighted by Crippen LogP contribution is 2.20. The number of aliphatic hydroxyl groups excluding tert-OH is 1. The summed E-state index contributed by atoms with van der Waals surface area (Å²) in [6, 6.07) is 0. The SMILES string of the molecule is Cn1nnnc1N1CC(CO)C1. The molecule has 2 rings (SSSR count). The molecule has 12 heavy (non-hydrogen) atoms. The van der Waals surface area contributed by atoms with Crippen LogP contribution in [0.1, 0.15) is 0 Å². The van der Waals surface area contributed by atoms with Crippen molar-refractivity contribution in [1.29, 1.82) is 0 Å². The Morgan fingerprint density at radius 1 is 1.58 bits per heavy atom. The molecule has 1 aromatic heterocycles. The van der Waals surface area contributed by atoms with E-state index in [0.29, 0.717) is 5.92 Å². The van der Waals surface area contributed by atoms with Crippen LogP contribution in [0.5, 0.6) is 0 Å². The molecule has 1 aliphatic heterocycles. The number of aryl methyl sites for hydroxylation is 1. The Bertz CT molecular complexity index is 267. The maximum Gasteiger partial charge on any atom is 0.245 e. The van der Waals surface area contributed by atoms with Gasteiger partial charge in [-0.25, -0.2) is 4.68 Å². The van der Waals surface area contributed by atoms with Gasteiger partial charge in [-0.2, -0.15) is 0 Å². The van der Waals surface area contributed by atoms with Gasteiger partial charge in [0.05, 0.1) is 0 Å². The van der Waals surface area contributed by atoms with Crippen LogP contribution < -0.4 is 4.90 Å². The summed E-state index contributed by atoms with van der Waals surface area (Å²) in [5, 5.41) is 19.9. The van der Waals surface area contributed by atoms with Gasteiger partial charge in [0.25, 0.3) is 0 Å². The lowest BCUT2D eigenvalue weighted by molar-refractivity contribution is 0.199. The fourth-order valence-corrected chi connectivity index (χ4v) is 1.34.